The second-order valence-corrected chi connectivity index (χ2v) is 7.02. The molecule has 2 heterocycles. The monoisotopic (exact) mass is 434 g/mol. The van der Waals surface area contributed by atoms with Crippen molar-refractivity contribution in [3.8, 4) is 40.1 Å². The molecule has 1 saturated heterocycles. The van der Waals surface area contributed by atoms with Crippen LogP contribution in [0.15, 0.2) is 39.5 Å². The Labute approximate surface area is 173 Å². The Balaban J connectivity index is 1.82. The first-order valence-corrected chi connectivity index (χ1v) is 9.04. The summed E-state index contributed by atoms with van der Waals surface area (Å²) in [6.07, 6.45) is -6.00. The number of hydrogen-bond acceptors (Lipinski definition) is 11. The molecular weight excluding hydrogens is 416 g/mol. The van der Waals surface area contributed by atoms with E-state index in [0.29, 0.717) is 0 Å². The summed E-state index contributed by atoms with van der Waals surface area (Å²) < 4.78 is 16.3. The highest BCUT2D eigenvalue weighted by molar-refractivity contribution is 5.86. The first-order chi connectivity index (χ1) is 14.7. The number of benzene rings is 2. The molecule has 0 bridgehead atoms. The predicted octanol–water partition coefficient (Wildman–Crippen LogP) is 0.100. The van der Waals surface area contributed by atoms with Crippen molar-refractivity contribution in [1.29, 1.82) is 0 Å². The molecule has 11 nitrogen and oxygen atoms in total. The zero-order valence-electron chi connectivity index (χ0n) is 15.7. The SMILES string of the molecule is O=c1cc(-c2cc(O)c(O)cc2OC2OCC(O)C(O)C2O)oc2cc(O)cc(O)c12. The summed E-state index contributed by atoms with van der Waals surface area (Å²) in [6, 6.07) is 5.07. The topological polar surface area (TPSA) is 190 Å². The zero-order valence-corrected chi connectivity index (χ0v) is 15.7. The molecule has 164 valence electrons. The maximum atomic E-state index is 12.5. The predicted molar refractivity (Wildman–Crippen MR) is 103 cm³/mol. The van der Waals surface area contributed by atoms with Crippen LogP contribution in [-0.2, 0) is 4.74 Å². The van der Waals surface area contributed by atoms with Gasteiger partial charge in [-0.05, 0) is 6.07 Å². The maximum absolute atomic E-state index is 12.5. The smallest absolute Gasteiger partial charge is 0.228 e. The molecule has 4 rings (SSSR count). The van der Waals surface area contributed by atoms with E-state index in [2.05, 4.69) is 0 Å². The van der Waals surface area contributed by atoms with Gasteiger partial charge >= 0.3 is 0 Å². The van der Waals surface area contributed by atoms with Gasteiger partial charge in [0.2, 0.25) is 6.29 Å². The van der Waals surface area contributed by atoms with Crippen molar-refractivity contribution in [2.75, 3.05) is 6.61 Å². The number of rotatable bonds is 3. The fourth-order valence-corrected chi connectivity index (χ4v) is 3.24. The third kappa shape index (κ3) is 3.70. The molecule has 11 heteroatoms. The van der Waals surface area contributed by atoms with Crippen LogP contribution >= 0.6 is 0 Å². The van der Waals surface area contributed by atoms with Crippen LogP contribution in [0.1, 0.15) is 0 Å². The molecule has 0 radical (unpaired) electrons. The van der Waals surface area contributed by atoms with Crippen LogP contribution in [0.4, 0.5) is 0 Å². The largest absolute Gasteiger partial charge is 0.508 e. The number of ether oxygens (including phenoxy) is 2. The minimum atomic E-state index is -1.65. The van der Waals surface area contributed by atoms with Gasteiger partial charge in [0.15, 0.2) is 16.9 Å². The number of phenolic OH excluding ortho intramolecular Hbond substituents is 4. The van der Waals surface area contributed by atoms with Crippen LogP contribution in [-0.4, -0.2) is 67.0 Å². The van der Waals surface area contributed by atoms with Gasteiger partial charge in [0.25, 0.3) is 0 Å². The number of aliphatic hydroxyl groups excluding tert-OH is 3. The lowest BCUT2D eigenvalue weighted by Crippen LogP contribution is -2.54. The Morgan fingerprint density at radius 1 is 0.871 bits per heavy atom. The molecule has 0 amide bonds. The molecule has 1 aliphatic rings. The number of fused-ring (bicyclic) bond motifs is 1. The second kappa shape index (κ2) is 7.63. The standard InChI is InChI=1S/C20H18O11/c21-7-1-11(24)17-12(25)5-14(30-16(17)2-7)8-3-9(22)10(23)4-15(8)31-20-19(28)18(27)13(26)6-29-20/h1-5,13,18-24,26-28H,6H2. The molecule has 31 heavy (non-hydrogen) atoms. The highest BCUT2D eigenvalue weighted by atomic mass is 16.7. The Morgan fingerprint density at radius 2 is 1.58 bits per heavy atom. The normalized spacial score (nSPS) is 23.7. The third-order valence-electron chi connectivity index (χ3n) is 4.83. The lowest BCUT2D eigenvalue weighted by molar-refractivity contribution is -0.241. The quantitative estimate of drug-likeness (QED) is 0.277. The highest BCUT2D eigenvalue weighted by Crippen LogP contribution is 2.41. The van der Waals surface area contributed by atoms with Gasteiger partial charge in [-0.1, -0.05) is 0 Å². The van der Waals surface area contributed by atoms with E-state index in [-0.39, 0.29) is 40.4 Å². The summed E-state index contributed by atoms with van der Waals surface area (Å²) in [6.45, 7) is -0.341. The molecule has 0 spiro atoms. The molecule has 3 aromatic rings. The summed E-state index contributed by atoms with van der Waals surface area (Å²) in [4.78, 5) is 12.5. The average Bonchev–Trinajstić information content (AvgIpc) is 2.70. The van der Waals surface area contributed by atoms with Gasteiger partial charge in [0, 0.05) is 24.3 Å². The van der Waals surface area contributed by atoms with Crippen molar-refractivity contribution in [2.45, 2.75) is 24.6 Å². The molecule has 2 aromatic carbocycles. The fraction of sp³-hybridized carbons (Fsp3) is 0.250. The number of hydrogen-bond donors (Lipinski definition) is 7. The molecular formula is C20H18O11. The molecule has 7 N–H and O–H groups in total. The summed E-state index contributed by atoms with van der Waals surface area (Å²) in [5, 5.41) is 68.7. The average molecular weight is 434 g/mol. The van der Waals surface area contributed by atoms with Crippen molar-refractivity contribution >= 4 is 11.0 Å². The van der Waals surface area contributed by atoms with Crippen molar-refractivity contribution in [1.82, 2.24) is 0 Å². The molecule has 0 saturated carbocycles. The van der Waals surface area contributed by atoms with Gasteiger partial charge in [-0.2, -0.15) is 0 Å². The lowest BCUT2D eigenvalue weighted by Gasteiger charge is -2.35. The summed E-state index contributed by atoms with van der Waals surface area (Å²) >= 11 is 0. The van der Waals surface area contributed by atoms with Crippen molar-refractivity contribution in [3.63, 3.8) is 0 Å². The van der Waals surface area contributed by atoms with Crippen LogP contribution in [0, 0.1) is 0 Å². The lowest BCUT2D eigenvalue weighted by atomic mass is 10.1. The van der Waals surface area contributed by atoms with E-state index in [4.69, 9.17) is 13.9 Å². The number of aromatic hydroxyl groups is 4. The van der Waals surface area contributed by atoms with Crippen LogP contribution in [0.25, 0.3) is 22.3 Å². The van der Waals surface area contributed by atoms with Crippen LogP contribution in [0.2, 0.25) is 0 Å². The summed E-state index contributed by atoms with van der Waals surface area (Å²) in [5.74, 6) is -2.39. The van der Waals surface area contributed by atoms with E-state index in [1.54, 1.807) is 0 Å². The van der Waals surface area contributed by atoms with Gasteiger partial charge in [-0.25, -0.2) is 0 Å². The minimum Gasteiger partial charge on any atom is -0.508 e. The molecule has 1 aliphatic heterocycles. The van der Waals surface area contributed by atoms with Crippen LogP contribution < -0.4 is 10.2 Å². The van der Waals surface area contributed by atoms with Gasteiger partial charge in [-0.3, -0.25) is 4.79 Å². The highest BCUT2D eigenvalue weighted by Gasteiger charge is 2.39. The van der Waals surface area contributed by atoms with Crippen LogP contribution in [0.5, 0.6) is 28.7 Å². The molecule has 4 atom stereocenters. The Kier molecular flexibility index (Phi) is 5.11. The summed E-state index contributed by atoms with van der Waals surface area (Å²) in [7, 11) is 0. The van der Waals surface area contributed by atoms with Crippen molar-refractivity contribution in [3.05, 3.63) is 40.6 Å². The van der Waals surface area contributed by atoms with E-state index in [9.17, 15) is 40.5 Å². The van der Waals surface area contributed by atoms with E-state index in [0.717, 1.165) is 30.3 Å². The molecule has 1 fully saturated rings. The first-order valence-electron chi connectivity index (χ1n) is 9.04. The van der Waals surface area contributed by atoms with E-state index >= 15 is 0 Å². The van der Waals surface area contributed by atoms with Gasteiger partial charge < -0.3 is 49.6 Å². The fourth-order valence-electron chi connectivity index (χ4n) is 3.24. The van der Waals surface area contributed by atoms with E-state index < -0.39 is 47.3 Å². The summed E-state index contributed by atoms with van der Waals surface area (Å²) in [5.41, 5.74) is -0.876. The van der Waals surface area contributed by atoms with Gasteiger partial charge in [0.1, 0.15) is 52.3 Å². The minimum absolute atomic E-state index is 0.0476. The van der Waals surface area contributed by atoms with E-state index in [1.807, 2.05) is 0 Å². The first kappa shape index (κ1) is 20.8. The zero-order chi connectivity index (χ0) is 22.4. The van der Waals surface area contributed by atoms with Crippen molar-refractivity contribution < 1.29 is 49.6 Å². The van der Waals surface area contributed by atoms with Crippen molar-refractivity contribution in [2.24, 2.45) is 0 Å². The van der Waals surface area contributed by atoms with Gasteiger partial charge in [0.05, 0.1) is 12.2 Å². The number of phenols is 4. The Hall–Kier alpha value is -3.51. The molecule has 4 unspecified atom stereocenters. The van der Waals surface area contributed by atoms with E-state index in [1.165, 1.54) is 0 Å². The van der Waals surface area contributed by atoms with Gasteiger partial charge in [-0.15, -0.1) is 0 Å². The third-order valence-corrected chi connectivity index (χ3v) is 4.83. The Bertz CT molecular complexity index is 1200. The molecule has 1 aromatic heterocycles. The Morgan fingerprint density at radius 3 is 2.32 bits per heavy atom. The van der Waals surface area contributed by atoms with Crippen LogP contribution in [0.3, 0.4) is 0 Å². The molecule has 0 aliphatic carbocycles. The maximum Gasteiger partial charge on any atom is 0.228 e. The number of aliphatic hydroxyl groups is 3. The second-order valence-electron chi connectivity index (χ2n) is 7.02.